The van der Waals surface area contributed by atoms with E-state index < -0.39 is 52.4 Å². The molecule has 0 aromatic carbocycles. The van der Waals surface area contributed by atoms with Crippen LogP contribution < -0.4 is 0 Å². The number of esters is 2. The van der Waals surface area contributed by atoms with Crippen LogP contribution in [0.5, 0.6) is 0 Å². The van der Waals surface area contributed by atoms with Gasteiger partial charge in [0.1, 0.15) is 18.0 Å². The Morgan fingerprint density at radius 2 is 1.86 bits per heavy atom. The zero-order valence-electron chi connectivity index (χ0n) is 22.0. The average molecular weight is 510 g/mol. The molecule has 37 heavy (non-hydrogen) atoms. The Hall–Kier alpha value is -3.42. The van der Waals surface area contributed by atoms with E-state index in [0.29, 0.717) is 43.5 Å². The number of ketones is 2. The first-order chi connectivity index (χ1) is 17.4. The molecule has 4 rings (SSSR count). The molecule has 1 heterocycles. The predicted molar refractivity (Wildman–Crippen MR) is 136 cm³/mol. The van der Waals surface area contributed by atoms with Gasteiger partial charge in [0.25, 0.3) is 0 Å². The fourth-order valence-electron chi connectivity index (χ4n) is 6.92. The van der Waals surface area contributed by atoms with E-state index in [1.54, 1.807) is 23.3 Å². The van der Waals surface area contributed by atoms with Crippen LogP contribution in [0.25, 0.3) is 0 Å². The lowest BCUT2D eigenvalue weighted by atomic mass is 9.53. The molecule has 8 nitrogen and oxygen atoms in total. The summed E-state index contributed by atoms with van der Waals surface area (Å²) in [7, 11) is 0. The second-order valence-corrected chi connectivity index (χ2v) is 10.7. The molecule has 3 aliphatic carbocycles. The summed E-state index contributed by atoms with van der Waals surface area (Å²) in [6, 6.07) is 0. The van der Waals surface area contributed by atoms with Gasteiger partial charge in [0.15, 0.2) is 5.76 Å². The minimum Gasteiger partial charge on any atom is -0.504 e. The van der Waals surface area contributed by atoms with Crippen molar-refractivity contribution < 1.29 is 33.8 Å². The zero-order valence-corrected chi connectivity index (χ0v) is 22.0. The molecule has 1 saturated carbocycles. The highest BCUT2D eigenvalue weighted by Gasteiger charge is 2.64. The Labute approximate surface area is 217 Å². The van der Waals surface area contributed by atoms with Crippen LogP contribution in [0.3, 0.4) is 0 Å². The summed E-state index contributed by atoms with van der Waals surface area (Å²) in [4.78, 5) is 54.2. The maximum atomic E-state index is 13.9. The summed E-state index contributed by atoms with van der Waals surface area (Å²) in [5.41, 5.74) is -0.961. The summed E-state index contributed by atoms with van der Waals surface area (Å²) in [5.74, 6) is -2.75. The average Bonchev–Trinajstić information content (AvgIpc) is 3.12. The molecule has 5 atom stereocenters. The molecule has 2 fully saturated rings. The van der Waals surface area contributed by atoms with Crippen LogP contribution in [0.15, 0.2) is 59.6 Å². The van der Waals surface area contributed by atoms with Gasteiger partial charge < -0.3 is 19.5 Å². The van der Waals surface area contributed by atoms with Crippen molar-refractivity contribution in [2.45, 2.75) is 65.6 Å². The minimum absolute atomic E-state index is 0.0145. The number of ether oxygens (including phenoxy) is 2. The number of aliphatic hydroxyl groups excluding tert-OH is 1. The van der Waals surface area contributed by atoms with Gasteiger partial charge in [-0.1, -0.05) is 26.0 Å². The van der Waals surface area contributed by atoms with Gasteiger partial charge in [0.05, 0.1) is 11.0 Å². The number of rotatable bonds is 7. The Morgan fingerprint density at radius 1 is 1.22 bits per heavy atom. The van der Waals surface area contributed by atoms with Crippen molar-refractivity contribution in [3.63, 3.8) is 0 Å². The molecule has 8 heteroatoms. The lowest BCUT2D eigenvalue weighted by Crippen LogP contribution is -2.55. The second-order valence-electron chi connectivity index (χ2n) is 10.7. The van der Waals surface area contributed by atoms with E-state index in [1.807, 2.05) is 20.8 Å². The van der Waals surface area contributed by atoms with E-state index in [9.17, 15) is 24.3 Å². The molecule has 0 aromatic rings. The highest BCUT2D eigenvalue weighted by atomic mass is 16.6. The summed E-state index contributed by atoms with van der Waals surface area (Å²) in [6.07, 6.45) is 4.70. The third-order valence-corrected chi connectivity index (χ3v) is 8.51. The van der Waals surface area contributed by atoms with E-state index in [4.69, 9.17) is 9.47 Å². The number of fused-ring (bicyclic) bond motifs is 4. The highest BCUT2D eigenvalue weighted by Crippen LogP contribution is 2.62. The zero-order chi connectivity index (χ0) is 27.3. The Bertz CT molecular complexity index is 1180. The third kappa shape index (κ3) is 3.88. The number of hydrogen-bond donors (Lipinski definition) is 1. The fraction of sp³-hybridized carbons (Fsp3) is 0.517. The van der Waals surface area contributed by atoms with Gasteiger partial charge in [-0.15, -0.1) is 13.2 Å². The van der Waals surface area contributed by atoms with Crippen LogP contribution >= 0.6 is 0 Å². The van der Waals surface area contributed by atoms with Crippen molar-refractivity contribution in [3.05, 3.63) is 59.6 Å². The first-order valence-corrected chi connectivity index (χ1v) is 12.8. The van der Waals surface area contributed by atoms with Gasteiger partial charge in [-0.2, -0.15) is 0 Å². The van der Waals surface area contributed by atoms with Crippen molar-refractivity contribution in [2.75, 3.05) is 13.1 Å². The predicted octanol–water partition coefficient (Wildman–Crippen LogP) is 3.90. The Morgan fingerprint density at radius 3 is 2.43 bits per heavy atom. The molecule has 1 aliphatic heterocycles. The number of aliphatic hydroxyl groups is 1. The minimum atomic E-state index is -1.15. The van der Waals surface area contributed by atoms with Crippen LogP contribution in [0, 0.1) is 16.7 Å². The van der Waals surface area contributed by atoms with Crippen molar-refractivity contribution in [2.24, 2.45) is 16.7 Å². The third-order valence-electron chi connectivity index (χ3n) is 8.51. The molecular formula is C29H35NO7. The van der Waals surface area contributed by atoms with Gasteiger partial charge in [0.2, 0.25) is 5.78 Å². The number of carbonyl (C=O) groups excluding carboxylic acids is 4. The maximum absolute atomic E-state index is 13.9. The van der Waals surface area contributed by atoms with Gasteiger partial charge in [-0.05, 0) is 25.3 Å². The topological polar surface area (TPSA) is 110 Å². The van der Waals surface area contributed by atoms with Crippen molar-refractivity contribution in [1.82, 2.24) is 4.90 Å². The fourth-order valence-corrected chi connectivity index (χ4v) is 6.92. The quantitative estimate of drug-likeness (QED) is 0.313. The van der Waals surface area contributed by atoms with Gasteiger partial charge in [-0.25, -0.2) is 4.79 Å². The van der Waals surface area contributed by atoms with Crippen molar-refractivity contribution in [3.8, 4) is 0 Å². The summed E-state index contributed by atoms with van der Waals surface area (Å²) < 4.78 is 11.7. The maximum Gasteiger partial charge on any atom is 0.340 e. The standard InChI is InChI=1S/C29H35NO7/c1-7-12-30(13-8-2)15-17-23-26(34)25(33)22-18-10-11-20(32)28(18,5)14-19(36-16(4)31)24(22)29(23,6)21(9-3)37-27(17)35/h7-8,15,18-19,21,34H,1-2,9-14H2,3-6H3/b17-15+/t18-,19+,21+,28-,29-/m0/s1. The number of nitrogens with zero attached hydrogens (tertiary/aromatic N) is 1. The number of allylic oxidation sites excluding steroid dienone is 1. The first kappa shape index (κ1) is 26.6. The van der Waals surface area contributed by atoms with E-state index in [1.165, 1.54) is 6.92 Å². The van der Waals surface area contributed by atoms with Gasteiger partial charge in [0, 0.05) is 61.5 Å². The van der Waals surface area contributed by atoms with Crippen LogP contribution in [-0.2, 0) is 28.7 Å². The Balaban J connectivity index is 2.01. The van der Waals surface area contributed by atoms with Crippen molar-refractivity contribution >= 4 is 23.5 Å². The molecule has 0 spiro atoms. The van der Waals surface area contributed by atoms with E-state index in [-0.39, 0.29) is 23.4 Å². The molecule has 198 valence electrons. The number of carbonyl (C=O) groups is 4. The number of hydrogen-bond acceptors (Lipinski definition) is 8. The smallest absolute Gasteiger partial charge is 0.340 e. The molecule has 0 aromatic heterocycles. The monoisotopic (exact) mass is 509 g/mol. The molecule has 0 amide bonds. The second kappa shape index (κ2) is 9.47. The number of cyclic esters (lactones) is 1. The van der Waals surface area contributed by atoms with Crippen LogP contribution in [0.1, 0.15) is 53.4 Å². The lowest BCUT2D eigenvalue weighted by Gasteiger charge is -2.53. The van der Waals surface area contributed by atoms with E-state index in [0.717, 1.165) is 0 Å². The largest absolute Gasteiger partial charge is 0.504 e. The Kier molecular flexibility index (Phi) is 6.82. The summed E-state index contributed by atoms with van der Waals surface area (Å²) in [5, 5.41) is 11.5. The molecule has 0 unspecified atom stereocenters. The molecule has 1 saturated heterocycles. The van der Waals surface area contributed by atoms with E-state index >= 15 is 0 Å². The normalized spacial score (nSPS) is 34.0. The first-order valence-electron chi connectivity index (χ1n) is 12.8. The highest BCUT2D eigenvalue weighted by molar-refractivity contribution is 6.14. The van der Waals surface area contributed by atoms with Crippen LogP contribution in [-0.4, -0.2) is 58.8 Å². The molecule has 4 aliphatic rings. The molecule has 0 radical (unpaired) electrons. The summed E-state index contributed by atoms with van der Waals surface area (Å²) >= 11 is 0. The van der Waals surface area contributed by atoms with Gasteiger partial charge in [-0.3, -0.25) is 14.4 Å². The summed E-state index contributed by atoms with van der Waals surface area (Å²) in [6.45, 7) is 15.1. The molecule has 1 N–H and O–H groups in total. The van der Waals surface area contributed by atoms with E-state index in [2.05, 4.69) is 13.2 Å². The molecular weight excluding hydrogens is 474 g/mol. The van der Waals surface area contributed by atoms with Crippen LogP contribution in [0.2, 0.25) is 0 Å². The van der Waals surface area contributed by atoms with Gasteiger partial charge >= 0.3 is 11.9 Å². The molecule has 0 bridgehead atoms. The SMILES string of the molecule is C=CCN(/C=C1/C(=O)O[C@H](CC)[C@@]2(C)C1=C(O)C(=O)C1=C2[C@H](OC(C)=O)C[C@]2(C)C(=O)CC[C@@H]12)CC=C. The van der Waals surface area contributed by atoms with Crippen LogP contribution in [0.4, 0.5) is 0 Å². The number of Topliss-reactive ketones (excluding diaryl/α,β-unsaturated/α-hetero) is 2. The van der Waals surface area contributed by atoms with Crippen molar-refractivity contribution in [1.29, 1.82) is 0 Å². The lowest BCUT2D eigenvalue weighted by molar-refractivity contribution is -0.157.